The van der Waals surface area contributed by atoms with Crippen molar-refractivity contribution in [1.82, 2.24) is 0 Å². The summed E-state index contributed by atoms with van der Waals surface area (Å²) in [4.78, 5) is 14.3. The van der Waals surface area contributed by atoms with Crippen molar-refractivity contribution in [2.75, 3.05) is 6.61 Å². The lowest BCUT2D eigenvalue weighted by molar-refractivity contribution is -0.0000250. The van der Waals surface area contributed by atoms with Crippen molar-refractivity contribution < 1.29 is 37.3 Å². The molecule has 0 spiro atoms. The Hall–Kier alpha value is -2.98. The summed E-state index contributed by atoms with van der Waals surface area (Å²) in [6.45, 7) is 2.11. The van der Waals surface area contributed by atoms with Gasteiger partial charge in [0.15, 0.2) is 22.2 Å². The van der Waals surface area contributed by atoms with Gasteiger partial charge in [0, 0.05) is 12.1 Å². The normalized spacial score (nSPS) is 8.83. The number of nitrogens with zero attached hydrogens (tertiary/aromatic N) is 2. The molecule has 0 aliphatic rings. The molecule has 0 aliphatic heterocycles. The Bertz CT molecular complexity index is 678. The van der Waals surface area contributed by atoms with Gasteiger partial charge in [-0.1, -0.05) is 25.1 Å². The molecule has 0 radical (unpaired) electrons. The molecule has 0 amide bonds. The number of rotatable bonds is 3. The lowest BCUT2D eigenvalue weighted by Crippen LogP contribution is -3.00. The van der Waals surface area contributed by atoms with Crippen LogP contribution in [0.15, 0.2) is 42.5 Å². The number of carbonyl (C=O) groups is 1. The van der Waals surface area contributed by atoms with Crippen LogP contribution in [-0.2, 0) is 4.74 Å². The van der Waals surface area contributed by atoms with Crippen LogP contribution in [0.3, 0.4) is 0 Å². The van der Waals surface area contributed by atoms with Gasteiger partial charge in [-0.05, 0) is 18.6 Å². The number of phenols is 3. The standard InChI is InChI=1S/C10H12O5.C6H5N2.ClH/c1-2-3-15-10(14)6-4-7(11)9(13)8(12)5-6;7-8-6-4-2-1-3-5-6;/h4-5,11-13H,2-3H2,1H3;1-5H;1H/q;+1;/p-1. The first-order chi connectivity index (χ1) is 11.0. The molecule has 8 heteroatoms. The van der Waals surface area contributed by atoms with E-state index in [4.69, 9.17) is 25.4 Å². The number of ether oxygens (including phenoxy) is 1. The van der Waals surface area contributed by atoms with Crippen LogP contribution in [0.2, 0.25) is 0 Å². The highest BCUT2D eigenvalue weighted by atomic mass is 35.5. The summed E-state index contributed by atoms with van der Waals surface area (Å²) >= 11 is 0. The molecule has 0 saturated carbocycles. The van der Waals surface area contributed by atoms with E-state index in [0.29, 0.717) is 12.1 Å². The van der Waals surface area contributed by atoms with E-state index >= 15 is 0 Å². The van der Waals surface area contributed by atoms with Gasteiger partial charge >= 0.3 is 11.7 Å². The number of hydrogen-bond acceptors (Lipinski definition) is 6. The number of halogens is 1. The average molecular weight is 353 g/mol. The second-order valence-electron chi connectivity index (χ2n) is 4.43. The number of carbonyl (C=O) groups excluding carboxylic acids is 1. The van der Waals surface area contributed by atoms with Gasteiger partial charge in [-0.25, -0.2) is 4.79 Å². The predicted octanol–water partition coefficient (Wildman–Crippen LogP) is 0.545. The van der Waals surface area contributed by atoms with E-state index in [1.807, 2.05) is 25.1 Å². The molecule has 3 N–H and O–H groups in total. The van der Waals surface area contributed by atoms with Crippen LogP contribution in [0.1, 0.15) is 23.7 Å². The second kappa shape index (κ2) is 10.7. The molecule has 2 rings (SSSR count). The van der Waals surface area contributed by atoms with E-state index < -0.39 is 23.2 Å². The maximum Gasteiger partial charge on any atom is 0.385 e. The molecule has 0 bridgehead atoms. The third kappa shape index (κ3) is 6.42. The number of benzene rings is 2. The van der Waals surface area contributed by atoms with Crippen molar-refractivity contribution in [3.63, 3.8) is 0 Å². The first-order valence-electron chi connectivity index (χ1n) is 6.81. The Morgan fingerprint density at radius 1 is 1.12 bits per heavy atom. The second-order valence-corrected chi connectivity index (χ2v) is 4.43. The number of diazo groups is 1. The van der Waals surface area contributed by atoms with Gasteiger partial charge in [0.25, 0.3) is 0 Å². The van der Waals surface area contributed by atoms with E-state index in [-0.39, 0.29) is 24.6 Å². The van der Waals surface area contributed by atoms with E-state index in [2.05, 4.69) is 4.98 Å². The Morgan fingerprint density at radius 3 is 2.08 bits per heavy atom. The summed E-state index contributed by atoms with van der Waals surface area (Å²) < 4.78 is 4.78. The smallest absolute Gasteiger partial charge is 0.385 e. The van der Waals surface area contributed by atoms with Crippen LogP contribution in [-0.4, -0.2) is 27.9 Å². The Balaban J connectivity index is 0.000000498. The number of hydrogen-bond donors (Lipinski definition) is 3. The topological polar surface area (TPSA) is 115 Å². The highest BCUT2D eigenvalue weighted by Gasteiger charge is 2.14. The van der Waals surface area contributed by atoms with Crippen molar-refractivity contribution in [2.45, 2.75) is 13.3 Å². The molecular formula is C16H17ClN2O5. The van der Waals surface area contributed by atoms with Crippen LogP contribution in [0.5, 0.6) is 17.2 Å². The molecule has 2 aromatic rings. The quantitative estimate of drug-likeness (QED) is 0.422. The van der Waals surface area contributed by atoms with Gasteiger partial charge in [-0.2, -0.15) is 0 Å². The van der Waals surface area contributed by atoms with Crippen LogP contribution >= 0.6 is 0 Å². The third-order valence-corrected chi connectivity index (χ3v) is 2.61. The van der Waals surface area contributed by atoms with E-state index in [1.54, 1.807) is 12.1 Å². The molecule has 0 fully saturated rings. The van der Waals surface area contributed by atoms with Gasteiger partial charge in [-0.3, -0.25) is 0 Å². The minimum Gasteiger partial charge on any atom is -1.00 e. The Morgan fingerprint density at radius 2 is 1.67 bits per heavy atom. The molecule has 2 aromatic carbocycles. The van der Waals surface area contributed by atoms with Crippen LogP contribution in [0, 0.1) is 5.39 Å². The van der Waals surface area contributed by atoms with Crippen molar-refractivity contribution >= 4 is 11.7 Å². The zero-order valence-corrected chi connectivity index (χ0v) is 13.6. The van der Waals surface area contributed by atoms with Crippen LogP contribution < -0.4 is 12.4 Å². The number of esters is 1. The Labute approximate surface area is 145 Å². The van der Waals surface area contributed by atoms with Gasteiger partial charge < -0.3 is 32.5 Å². The fourth-order valence-electron chi connectivity index (χ4n) is 1.49. The minimum atomic E-state index is -0.651. The maximum absolute atomic E-state index is 11.3. The molecular weight excluding hydrogens is 336 g/mol. The molecule has 128 valence electrons. The summed E-state index contributed by atoms with van der Waals surface area (Å²) in [6.07, 6.45) is 0.682. The molecule has 0 unspecified atom stereocenters. The molecule has 0 atom stereocenters. The van der Waals surface area contributed by atoms with Crippen LogP contribution in [0.25, 0.3) is 4.98 Å². The fourth-order valence-corrected chi connectivity index (χ4v) is 1.49. The molecule has 0 aromatic heterocycles. The maximum atomic E-state index is 11.3. The lowest BCUT2D eigenvalue weighted by atomic mass is 10.2. The fraction of sp³-hybridized carbons (Fsp3) is 0.188. The zero-order valence-electron chi connectivity index (χ0n) is 12.9. The molecule has 0 heterocycles. The molecule has 0 aliphatic carbocycles. The number of phenolic OH excluding ortho intramolecular Hbond substituents is 3. The van der Waals surface area contributed by atoms with Gasteiger partial charge in [0.1, 0.15) is 0 Å². The summed E-state index contributed by atoms with van der Waals surface area (Å²) in [5.41, 5.74) is 0.587. The van der Waals surface area contributed by atoms with Crippen LogP contribution in [0.4, 0.5) is 5.69 Å². The van der Waals surface area contributed by atoms with Gasteiger partial charge in [0.05, 0.1) is 12.2 Å². The monoisotopic (exact) mass is 352 g/mol. The Kier molecular flexibility index (Phi) is 9.37. The first kappa shape index (κ1) is 21.0. The minimum absolute atomic E-state index is 0. The summed E-state index contributed by atoms with van der Waals surface area (Å²) in [5.74, 6) is -2.42. The predicted molar refractivity (Wildman–Crippen MR) is 83.2 cm³/mol. The van der Waals surface area contributed by atoms with E-state index in [9.17, 15) is 4.79 Å². The molecule has 24 heavy (non-hydrogen) atoms. The van der Waals surface area contributed by atoms with Crippen molar-refractivity contribution in [3.8, 4) is 17.2 Å². The summed E-state index contributed by atoms with van der Waals surface area (Å²) in [5, 5.41) is 35.5. The largest absolute Gasteiger partial charge is 1.00 e. The average Bonchev–Trinajstić information content (AvgIpc) is 2.58. The van der Waals surface area contributed by atoms with E-state index in [0.717, 1.165) is 12.1 Å². The SMILES string of the molecule is CCCOC(=O)c1cc(O)c(O)c(O)c1.N#[N+]c1ccccc1.[Cl-]. The van der Waals surface area contributed by atoms with Gasteiger partial charge in [-0.15, -0.1) is 0 Å². The highest BCUT2D eigenvalue weighted by molar-refractivity contribution is 5.91. The molecule has 7 nitrogen and oxygen atoms in total. The first-order valence-corrected chi connectivity index (χ1v) is 6.81. The lowest BCUT2D eigenvalue weighted by Gasteiger charge is -2.05. The van der Waals surface area contributed by atoms with Crippen molar-refractivity contribution in [3.05, 3.63) is 53.0 Å². The van der Waals surface area contributed by atoms with Gasteiger partial charge in [0.2, 0.25) is 5.39 Å². The number of aromatic hydroxyl groups is 3. The third-order valence-electron chi connectivity index (χ3n) is 2.61. The zero-order chi connectivity index (χ0) is 17.2. The van der Waals surface area contributed by atoms with Crippen molar-refractivity contribution in [2.24, 2.45) is 0 Å². The van der Waals surface area contributed by atoms with E-state index in [1.165, 1.54) is 0 Å². The summed E-state index contributed by atoms with van der Waals surface area (Å²) in [6, 6.07) is 11.0. The molecule has 0 saturated heterocycles. The summed E-state index contributed by atoms with van der Waals surface area (Å²) in [7, 11) is 0. The highest BCUT2D eigenvalue weighted by Crippen LogP contribution is 2.35. The van der Waals surface area contributed by atoms with Crippen molar-refractivity contribution in [1.29, 1.82) is 5.39 Å².